The number of alkyl halides is 3. The Hall–Kier alpha value is -1.92. The van der Waals surface area contributed by atoms with E-state index in [9.17, 15) is 26.4 Å². The van der Waals surface area contributed by atoms with Crippen LogP contribution in [-0.4, -0.2) is 24.3 Å². The topological polar surface area (TPSA) is 118 Å². The van der Waals surface area contributed by atoms with Gasteiger partial charge in [-0.05, 0) is 19.1 Å². The molecule has 2 aromatic rings. The van der Waals surface area contributed by atoms with Gasteiger partial charge in [0.15, 0.2) is 0 Å². The maximum absolute atomic E-state index is 12.5. The van der Waals surface area contributed by atoms with Gasteiger partial charge in [0.1, 0.15) is 15.7 Å². The second kappa shape index (κ2) is 6.53. The molecule has 1 unspecified atom stereocenters. The van der Waals surface area contributed by atoms with Crippen molar-refractivity contribution in [2.24, 2.45) is 5.14 Å². The number of halogens is 3. The lowest BCUT2D eigenvalue weighted by molar-refractivity contribution is -0.141. The van der Waals surface area contributed by atoms with Gasteiger partial charge in [-0.1, -0.05) is 0 Å². The number of thiophene rings is 1. The van der Waals surface area contributed by atoms with Crippen LogP contribution in [0.15, 0.2) is 22.5 Å². The minimum Gasteiger partial charge on any atom is -0.346 e. The Morgan fingerprint density at radius 3 is 2.62 bits per heavy atom. The second-order valence-corrected chi connectivity index (χ2v) is 7.87. The summed E-state index contributed by atoms with van der Waals surface area (Å²) in [5.41, 5.74) is -1.00. The predicted molar refractivity (Wildman–Crippen MR) is 79.5 cm³/mol. The van der Waals surface area contributed by atoms with Crippen LogP contribution in [0.25, 0.3) is 0 Å². The summed E-state index contributed by atoms with van der Waals surface area (Å²) in [5, 5.41) is 7.46. The standard InChI is InChI=1S/C12H13F3N4O3S2/c1-6(11-17-5-8(19-11)12(13,14)15)18-9(20)4-7-2-3-10(23-7)24(16,21)22/h2-3,5-6H,4H2,1H3,(H,17,19)(H,18,20)(H2,16,21,22). The molecule has 0 bridgehead atoms. The summed E-state index contributed by atoms with van der Waals surface area (Å²) in [4.78, 5) is 18.1. The third kappa shape index (κ3) is 4.55. The lowest BCUT2D eigenvalue weighted by Gasteiger charge is -2.11. The Balaban J connectivity index is 1.99. The maximum Gasteiger partial charge on any atom is 0.432 e. The van der Waals surface area contributed by atoms with Gasteiger partial charge in [-0.15, -0.1) is 11.3 Å². The number of hydrogen-bond acceptors (Lipinski definition) is 5. The van der Waals surface area contributed by atoms with E-state index in [0.29, 0.717) is 11.1 Å². The number of aromatic nitrogens is 2. The van der Waals surface area contributed by atoms with Crippen molar-refractivity contribution in [3.05, 3.63) is 34.7 Å². The molecule has 0 spiro atoms. The zero-order chi connectivity index (χ0) is 18.1. The first-order chi connectivity index (χ1) is 11.0. The fourth-order valence-electron chi connectivity index (χ4n) is 1.83. The molecule has 2 rings (SSSR count). The average Bonchev–Trinajstić information content (AvgIpc) is 3.04. The number of nitrogens with zero attached hydrogens (tertiary/aromatic N) is 1. The van der Waals surface area contributed by atoms with Crippen LogP contribution in [0.1, 0.15) is 29.4 Å². The van der Waals surface area contributed by atoms with Crippen LogP contribution >= 0.6 is 11.3 Å². The molecular weight excluding hydrogens is 369 g/mol. The average molecular weight is 382 g/mol. The summed E-state index contributed by atoms with van der Waals surface area (Å²) in [6, 6.07) is 1.96. The fourth-order valence-corrected chi connectivity index (χ4v) is 3.60. The Morgan fingerprint density at radius 2 is 2.12 bits per heavy atom. The molecular formula is C12H13F3N4O3S2. The van der Waals surface area contributed by atoms with Crippen molar-refractivity contribution >= 4 is 27.3 Å². The highest BCUT2D eigenvalue weighted by Gasteiger charge is 2.33. The lowest BCUT2D eigenvalue weighted by Crippen LogP contribution is -2.28. The van der Waals surface area contributed by atoms with Gasteiger partial charge in [-0.25, -0.2) is 18.5 Å². The van der Waals surface area contributed by atoms with Gasteiger partial charge in [0.2, 0.25) is 15.9 Å². The Morgan fingerprint density at radius 1 is 1.46 bits per heavy atom. The van der Waals surface area contributed by atoms with Gasteiger partial charge in [0.25, 0.3) is 0 Å². The lowest BCUT2D eigenvalue weighted by atomic mass is 10.2. The molecule has 0 aromatic carbocycles. The summed E-state index contributed by atoms with van der Waals surface area (Å²) >= 11 is 0.853. The Labute approximate surface area is 139 Å². The van der Waals surface area contributed by atoms with E-state index < -0.39 is 33.8 Å². The largest absolute Gasteiger partial charge is 0.432 e. The van der Waals surface area contributed by atoms with Crippen molar-refractivity contribution in [2.75, 3.05) is 0 Å². The van der Waals surface area contributed by atoms with Crippen LogP contribution in [0, 0.1) is 0 Å². The first-order valence-electron chi connectivity index (χ1n) is 6.50. The first kappa shape index (κ1) is 18.4. The molecule has 0 radical (unpaired) electrons. The predicted octanol–water partition coefficient (Wildman–Crippen LogP) is 1.56. The SMILES string of the molecule is CC(NC(=O)Cc1ccc(S(N)(=O)=O)s1)c1ncc(C(F)(F)F)[nH]1. The highest BCUT2D eigenvalue weighted by atomic mass is 32.2. The van der Waals surface area contributed by atoms with Gasteiger partial charge >= 0.3 is 6.18 Å². The molecule has 2 aromatic heterocycles. The molecule has 1 atom stereocenters. The number of rotatable bonds is 5. The molecule has 4 N–H and O–H groups in total. The van der Waals surface area contributed by atoms with Crippen LogP contribution in [0.5, 0.6) is 0 Å². The van der Waals surface area contributed by atoms with E-state index >= 15 is 0 Å². The number of aromatic amines is 1. The van der Waals surface area contributed by atoms with E-state index in [1.165, 1.54) is 19.1 Å². The maximum atomic E-state index is 12.5. The molecule has 1 amide bonds. The minimum atomic E-state index is -4.55. The van der Waals surface area contributed by atoms with Crippen molar-refractivity contribution in [1.29, 1.82) is 0 Å². The van der Waals surface area contributed by atoms with E-state index in [-0.39, 0.29) is 16.5 Å². The third-order valence-corrected chi connectivity index (χ3v) is 5.46. The number of nitrogens with one attached hydrogen (secondary N) is 2. The van der Waals surface area contributed by atoms with Gasteiger partial charge in [0.05, 0.1) is 18.7 Å². The van der Waals surface area contributed by atoms with Gasteiger partial charge in [-0.2, -0.15) is 13.2 Å². The summed E-state index contributed by atoms with van der Waals surface area (Å²) < 4.78 is 59.7. The smallest absolute Gasteiger partial charge is 0.346 e. The number of H-pyrrole nitrogens is 1. The van der Waals surface area contributed by atoms with Crippen molar-refractivity contribution in [2.45, 2.75) is 29.8 Å². The van der Waals surface area contributed by atoms with Crippen LogP contribution in [-0.2, 0) is 27.4 Å². The molecule has 132 valence electrons. The molecule has 0 aliphatic carbocycles. The molecule has 2 heterocycles. The van der Waals surface area contributed by atoms with Crippen molar-refractivity contribution in [1.82, 2.24) is 15.3 Å². The van der Waals surface area contributed by atoms with E-state index in [0.717, 1.165) is 11.3 Å². The molecule has 7 nitrogen and oxygen atoms in total. The summed E-state index contributed by atoms with van der Waals surface area (Å²) in [6.07, 6.45) is -4.02. The number of primary sulfonamides is 1. The van der Waals surface area contributed by atoms with E-state index in [2.05, 4.69) is 15.3 Å². The highest BCUT2D eigenvalue weighted by molar-refractivity contribution is 7.91. The molecule has 0 fully saturated rings. The normalized spacial score (nSPS) is 13.7. The molecule has 0 saturated heterocycles. The number of sulfonamides is 1. The van der Waals surface area contributed by atoms with Crippen LogP contribution < -0.4 is 10.5 Å². The van der Waals surface area contributed by atoms with Gasteiger partial charge in [-0.3, -0.25) is 4.79 Å². The number of carbonyl (C=O) groups is 1. The third-order valence-electron chi connectivity index (χ3n) is 2.94. The van der Waals surface area contributed by atoms with Crippen LogP contribution in [0.2, 0.25) is 0 Å². The summed E-state index contributed by atoms with van der Waals surface area (Å²) in [5.74, 6) is -0.526. The van der Waals surface area contributed by atoms with Crippen molar-refractivity contribution in [3.63, 3.8) is 0 Å². The fraction of sp³-hybridized carbons (Fsp3) is 0.333. The molecule has 0 aliphatic rings. The van der Waals surface area contributed by atoms with Crippen molar-refractivity contribution < 1.29 is 26.4 Å². The molecule has 24 heavy (non-hydrogen) atoms. The number of carbonyl (C=O) groups excluding carboxylic acids is 1. The van der Waals surface area contributed by atoms with E-state index in [4.69, 9.17) is 5.14 Å². The quantitative estimate of drug-likeness (QED) is 0.727. The second-order valence-electron chi connectivity index (χ2n) is 4.91. The number of amides is 1. The van der Waals surface area contributed by atoms with E-state index in [1.54, 1.807) is 0 Å². The van der Waals surface area contributed by atoms with E-state index in [1.807, 2.05) is 0 Å². The number of imidazole rings is 1. The number of nitrogens with two attached hydrogens (primary N) is 1. The van der Waals surface area contributed by atoms with Crippen LogP contribution in [0.3, 0.4) is 0 Å². The van der Waals surface area contributed by atoms with Gasteiger partial charge in [0, 0.05) is 4.88 Å². The molecule has 12 heteroatoms. The molecule has 0 saturated carbocycles. The van der Waals surface area contributed by atoms with Crippen molar-refractivity contribution in [3.8, 4) is 0 Å². The highest BCUT2D eigenvalue weighted by Crippen LogP contribution is 2.28. The monoisotopic (exact) mass is 382 g/mol. The Kier molecular flexibility index (Phi) is 5.01. The number of hydrogen-bond donors (Lipinski definition) is 3. The molecule has 0 aliphatic heterocycles. The first-order valence-corrected chi connectivity index (χ1v) is 8.86. The van der Waals surface area contributed by atoms with Gasteiger partial charge < -0.3 is 10.3 Å². The summed E-state index contributed by atoms with van der Waals surface area (Å²) in [7, 11) is -3.83. The Bertz CT molecular complexity index is 842. The van der Waals surface area contributed by atoms with Crippen LogP contribution in [0.4, 0.5) is 13.2 Å². The summed E-state index contributed by atoms with van der Waals surface area (Å²) in [6.45, 7) is 1.47. The minimum absolute atomic E-state index is 0.0351. The zero-order valence-electron chi connectivity index (χ0n) is 12.2. The zero-order valence-corrected chi connectivity index (χ0v) is 13.8.